The summed E-state index contributed by atoms with van der Waals surface area (Å²) in [7, 11) is 0. The monoisotopic (exact) mass is 389 g/mol. The Hall–Kier alpha value is -2.88. The van der Waals surface area contributed by atoms with E-state index in [1.807, 2.05) is 28.9 Å². The molecule has 28 heavy (non-hydrogen) atoms. The molecule has 0 aliphatic heterocycles. The van der Waals surface area contributed by atoms with E-state index in [0.29, 0.717) is 0 Å². The second-order valence-electron chi connectivity index (χ2n) is 6.74. The van der Waals surface area contributed by atoms with E-state index in [1.165, 1.54) is 16.7 Å². The Kier molecular flexibility index (Phi) is 6.64. The topological polar surface area (TPSA) is 29.9 Å². The van der Waals surface area contributed by atoms with Gasteiger partial charge in [0.15, 0.2) is 0 Å². The van der Waals surface area contributed by atoms with Gasteiger partial charge in [-0.05, 0) is 24.6 Å². The first-order chi connectivity index (χ1) is 13.3. The highest BCUT2D eigenvalue weighted by Gasteiger charge is 2.12. The molecule has 0 spiro atoms. The van der Waals surface area contributed by atoms with E-state index in [4.69, 9.17) is 5.10 Å². The van der Waals surface area contributed by atoms with Gasteiger partial charge in [-0.3, -0.25) is 0 Å². The van der Waals surface area contributed by atoms with Crippen LogP contribution in [-0.4, -0.2) is 9.78 Å². The molecule has 0 fully saturated rings. The van der Waals surface area contributed by atoms with Crippen LogP contribution in [0.2, 0.25) is 0 Å². The molecular formula is C24H24ClN3. The average Bonchev–Trinajstić information content (AvgIpc) is 3.14. The number of hydrogen-bond donors (Lipinski definition) is 1. The zero-order valence-corrected chi connectivity index (χ0v) is 16.7. The number of aromatic nitrogens is 2. The highest BCUT2D eigenvalue weighted by atomic mass is 35.5. The number of aryl methyl sites for hydroxylation is 1. The van der Waals surface area contributed by atoms with Crippen molar-refractivity contribution in [3.05, 3.63) is 108 Å². The van der Waals surface area contributed by atoms with E-state index in [-0.39, 0.29) is 12.4 Å². The van der Waals surface area contributed by atoms with Gasteiger partial charge in [0.25, 0.3) is 0 Å². The zero-order chi connectivity index (χ0) is 18.5. The summed E-state index contributed by atoms with van der Waals surface area (Å²) in [6.45, 7) is 3.71. The number of hydrogen-bond acceptors (Lipinski definition) is 2. The van der Waals surface area contributed by atoms with Gasteiger partial charge in [-0.2, -0.15) is 5.10 Å². The lowest BCUT2D eigenvalue weighted by Crippen LogP contribution is -2.12. The van der Waals surface area contributed by atoms with Crippen LogP contribution in [0.1, 0.15) is 16.7 Å². The van der Waals surface area contributed by atoms with Crippen LogP contribution in [0.15, 0.2) is 91.1 Å². The minimum atomic E-state index is 0. The van der Waals surface area contributed by atoms with Crippen molar-refractivity contribution in [2.75, 3.05) is 0 Å². The normalized spacial score (nSPS) is 10.5. The van der Waals surface area contributed by atoms with Gasteiger partial charge >= 0.3 is 0 Å². The van der Waals surface area contributed by atoms with Gasteiger partial charge in [0.1, 0.15) is 0 Å². The number of para-hydroxylation sites is 1. The first kappa shape index (κ1) is 19.9. The number of nitrogens with one attached hydrogen (secondary N) is 1. The van der Waals surface area contributed by atoms with Crippen molar-refractivity contribution in [1.82, 2.24) is 15.1 Å². The summed E-state index contributed by atoms with van der Waals surface area (Å²) in [4.78, 5) is 0. The molecule has 3 aromatic carbocycles. The van der Waals surface area contributed by atoms with Crippen LogP contribution in [0.25, 0.3) is 16.9 Å². The molecule has 0 unspecified atom stereocenters. The van der Waals surface area contributed by atoms with E-state index in [0.717, 1.165) is 30.0 Å². The Balaban J connectivity index is 0.00000225. The van der Waals surface area contributed by atoms with Crippen LogP contribution in [0.3, 0.4) is 0 Å². The third-order valence-corrected chi connectivity index (χ3v) is 4.62. The van der Waals surface area contributed by atoms with Gasteiger partial charge in [-0.15, -0.1) is 12.4 Å². The highest BCUT2D eigenvalue weighted by Crippen LogP contribution is 2.24. The number of rotatable bonds is 6. The predicted molar refractivity (Wildman–Crippen MR) is 118 cm³/mol. The van der Waals surface area contributed by atoms with Crippen molar-refractivity contribution >= 4 is 12.4 Å². The maximum Gasteiger partial charge on any atom is 0.0972 e. The third-order valence-electron chi connectivity index (χ3n) is 4.62. The van der Waals surface area contributed by atoms with Gasteiger partial charge in [0.2, 0.25) is 0 Å². The van der Waals surface area contributed by atoms with Gasteiger partial charge in [-0.25, -0.2) is 4.68 Å². The molecule has 0 bridgehead atoms. The smallest absolute Gasteiger partial charge is 0.0972 e. The first-order valence-electron chi connectivity index (χ1n) is 9.25. The molecule has 0 aliphatic rings. The van der Waals surface area contributed by atoms with Crippen molar-refractivity contribution < 1.29 is 0 Å². The lowest BCUT2D eigenvalue weighted by Gasteiger charge is -2.06. The summed E-state index contributed by atoms with van der Waals surface area (Å²) in [6, 6.07) is 29.3. The fourth-order valence-corrected chi connectivity index (χ4v) is 3.14. The van der Waals surface area contributed by atoms with Crippen molar-refractivity contribution in [2.24, 2.45) is 0 Å². The SMILES string of the molecule is Cc1ccc(-c2nn(-c3ccccc3)cc2CNCc2ccccc2)cc1.Cl. The molecule has 0 radical (unpaired) electrons. The molecule has 0 atom stereocenters. The highest BCUT2D eigenvalue weighted by molar-refractivity contribution is 5.85. The maximum absolute atomic E-state index is 4.88. The van der Waals surface area contributed by atoms with Crippen molar-refractivity contribution in [3.63, 3.8) is 0 Å². The minimum Gasteiger partial charge on any atom is -0.308 e. The molecule has 4 rings (SSSR count). The van der Waals surface area contributed by atoms with E-state index < -0.39 is 0 Å². The van der Waals surface area contributed by atoms with E-state index >= 15 is 0 Å². The Bertz CT molecular complexity index is 993. The average molecular weight is 390 g/mol. The third kappa shape index (κ3) is 4.69. The molecular weight excluding hydrogens is 366 g/mol. The summed E-state index contributed by atoms with van der Waals surface area (Å²) in [5.41, 5.74) is 6.97. The summed E-state index contributed by atoms with van der Waals surface area (Å²) < 4.78 is 1.97. The summed E-state index contributed by atoms with van der Waals surface area (Å²) in [6.07, 6.45) is 2.13. The Morgan fingerprint density at radius 1 is 0.786 bits per heavy atom. The molecule has 1 heterocycles. The Morgan fingerprint density at radius 3 is 2.11 bits per heavy atom. The predicted octanol–water partition coefficient (Wildman–Crippen LogP) is 5.56. The van der Waals surface area contributed by atoms with Crippen LogP contribution in [0.5, 0.6) is 0 Å². The standard InChI is InChI=1S/C24H23N3.ClH/c1-19-12-14-21(15-13-19)24-22(17-25-16-20-8-4-2-5-9-20)18-27(26-24)23-10-6-3-7-11-23;/h2-15,18,25H,16-17H2,1H3;1H. The zero-order valence-electron chi connectivity index (χ0n) is 15.9. The Labute approximate surface area is 172 Å². The lowest BCUT2D eigenvalue weighted by molar-refractivity contribution is 0.694. The molecule has 4 aromatic rings. The van der Waals surface area contributed by atoms with E-state index in [2.05, 4.69) is 79.1 Å². The molecule has 1 aromatic heterocycles. The van der Waals surface area contributed by atoms with Gasteiger partial charge in [0.05, 0.1) is 11.4 Å². The molecule has 3 nitrogen and oxygen atoms in total. The molecule has 1 N–H and O–H groups in total. The van der Waals surface area contributed by atoms with Crippen LogP contribution in [0, 0.1) is 6.92 Å². The second kappa shape index (κ2) is 9.36. The molecule has 0 saturated carbocycles. The van der Waals surface area contributed by atoms with Gasteiger partial charge in [-0.1, -0.05) is 78.4 Å². The maximum atomic E-state index is 4.88. The van der Waals surface area contributed by atoms with E-state index in [9.17, 15) is 0 Å². The molecule has 0 aliphatic carbocycles. The fraction of sp³-hybridized carbons (Fsp3) is 0.125. The summed E-state index contributed by atoms with van der Waals surface area (Å²) in [5.74, 6) is 0. The molecule has 4 heteroatoms. The van der Waals surface area contributed by atoms with Crippen LogP contribution >= 0.6 is 12.4 Å². The largest absolute Gasteiger partial charge is 0.308 e. The van der Waals surface area contributed by atoms with Crippen LogP contribution < -0.4 is 5.32 Å². The molecule has 142 valence electrons. The van der Waals surface area contributed by atoms with Crippen molar-refractivity contribution in [2.45, 2.75) is 20.0 Å². The lowest BCUT2D eigenvalue weighted by atomic mass is 10.1. The van der Waals surface area contributed by atoms with E-state index in [1.54, 1.807) is 0 Å². The second-order valence-corrected chi connectivity index (χ2v) is 6.74. The number of nitrogens with zero attached hydrogens (tertiary/aromatic N) is 2. The van der Waals surface area contributed by atoms with Gasteiger partial charge < -0.3 is 5.32 Å². The number of benzene rings is 3. The fourth-order valence-electron chi connectivity index (χ4n) is 3.14. The van der Waals surface area contributed by atoms with Gasteiger partial charge in [0, 0.05) is 30.4 Å². The molecule has 0 amide bonds. The van der Waals surface area contributed by atoms with Crippen molar-refractivity contribution in [1.29, 1.82) is 0 Å². The van der Waals surface area contributed by atoms with Crippen molar-refractivity contribution in [3.8, 4) is 16.9 Å². The summed E-state index contributed by atoms with van der Waals surface area (Å²) >= 11 is 0. The number of halogens is 1. The minimum absolute atomic E-state index is 0. The summed E-state index contributed by atoms with van der Waals surface area (Å²) in [5, 5.41) is 8.43. The quantitative estimate of drug-likeness (QED) is 0.468. The Morgan fingerprint density at radius 2 is 1.43 bits per heavy atom. The van der Waals surface area contributed by atoms with Crippen LogP contribution in [0.4, 0.5) is 0 Å². The van der Waals surface area contributed by atoms with Crippen LogP contribution in [-0.2, 0) is 13.1 Å². The first-order valence-corrected chi connectivity index (χ1v) is 9.25. The molecule has 0 saturated heterocycles.